The van der Waals surface area contributed by atoms with Gasteiger partial charge in [0.2, 0.25) is 0 Å². The first-order chi connectivity index (χ1) is 8.13. The summed E-state index contributed by atoms with van der Waals surface area (Å²) in [6.07, 6.45) is 4.29. The molecule has 5 heteroatoms. The Kier molecular flexibility index (Phi) is 10.4. The number of allylic oxidation sites excluding steroid dienone is 1. The molecule has 0 aliphatic carbocycles. The van der Waals surface area contributed by atoms with Gasteiger partial charge in [-0.15, -0.1) is 0 Å². The first kappa shape index (κ1) is 16.5. The summed E-state index contributed by atoms with van der Waals surface area (Å²) in [4.78, 5) is 1.84. The van der Waals surface area contributed by atoms with Crippen LogP contribution in [-0.4, -0.2) is 70.4 Å². The Balaban J connectivity index is 4.05. The van der Waals surface area contributed by atoms with E-state index in [0.29, 0.717) is 19.6 Å². The minimum atomic E-state index is -0.809. The van der Waals surface area contributed by atoms with E-state index in [-0.39, 0.29) is 13.2 Å². The van der Waals surface area contributed by atoms with Gasteiger partial charge < -0.3 is 20.4 Å². The van der Waals surface area contributed by atoms with E-state index in [1.54, 1.807) is 0 Å². The predicted molar refractivity (Wildman–Crippen MR) is 66.7 cm³/mol. The van der Waals surface area contributed by atoms with Crippen molar-refractivity contribution in [3.8, 4) is 0 Å². The van der Waals surface area contributed by atoms with Crippen LogP contribution in [0.2, 0.25) is 0 Å². The Hall–Kier alpha value is -0.460. The molecule has 0 amide bonds. The molecule has 0 aromatic carbocycles. The SMILES string of the molecule is CC/C=C/CCN(CC(O)CO)CC(O)CO. The van der Waals surface area contributed by atoms with Gasteiger partial charge in [-0.25, -0.2) is 0 Å². The Bertz CT molecular complexity index is 187. The summed E-state index contributed by atoms with van der Waals surface area (Å²) in [6.45, 7) is 2.75. The maximum absolute atomic E-state index is 9.36. The molecule has 5 nitrogen and oxygen atoms in total. The van der Waals surface area contributed by atoms with Gasteiger partial charge in [-0.2, -0.15) is 0 Å². The molecule has 0 radical (unpaired) electrons. The molecule has 17 heavy (non-hydrogen) atoms. The second-order valence-electron chi connectivity index (χ2n) is 4.10. The van der Waals surface area contributed by atoms with Crippen molar-refractivity contribution in [3.63, 3.8) is 0 Å². The highest BCUT2D eigenvalue weighted by Gasteiger charge is 2.14. The Morgan fingerprint density at radius 2 is 1.53 bits per heavy atom. The van der Waals surface area contributed by atoms with Crippen molar-refractivity contribution < 1.29 is 20.4 Å². The standard InChI is InChI=1S/C12H25NO4/c1-2-3-4-5-6-13(7-11(16)9-14)8-12(17)10-15/h3-4,11-12,14-17H,2,5-10H2,1H3/b4-3+. The molecule has 0 fully saturated rings. The number of rotatable bonds is 10. The van der Waals surface area contributed by atoms with Crippen molar-refractivity contribution >= 4 is 0 Å². The van der Waals surface area contributed by atoms with Crippen LogP contribution in [0.1, 0.15) is 19.8 Å². The van der Waals surface area contributed by atoms with Crippen LogP contribution in [0.3, 0.4) is 0 Å². The maximum Gasteiger partial charge on any atom is 0.0897 e. The van der Waals surface area contributed by atoms with Crippen LogP contribution in [-0.2, 0) is 0 Å². The third-order valence-electron chi connectivity index (χ3n) is 2.37. The summed E-state index contributed by atoms with van der Waals surface area (Å²) in [5.74, 6) is 0. The fourth-order valence-electron chi connectivity index (χ4n) is 1.51. The number of hydrogen-bond donors (Lipinski definition) is 4. The van der Waals surface area contributed by atoms with E-state index in [0.717, 1.165) is 12.8 Å². The zero-order valence-electron chi connectivity index (χ0n) is 10.5. The first-order valence-corrected chi connectivity index (χ1v) is 6.09. The van der Waals surface area contributed by atoms with Crippen LogP contribution in [0.4, 0.5) is 0 Å². The summed E-state index contributed by atoms with van der Waals surface area (Å²) in [7, 11) is 0. The molecule has 2 atom stereocenters. The molecular formula is C12H25NO4. The van der Waals surface area contributed by atoms with E-state index >= 15 is 0 Å². The van der Waals surface area contributed by atoms with E-state index in [1.165, 1.54) is 0 Å². The van der Waals surface area contributed by atoms with E-state index < -0.39 is 12.2 Å². The zero-order chi connectivity index (χ0) is 13.1. The second-order valence-corrected chi connectivity index (χ2v) is 4.10. The van der Waals surface area contributed by atoms with Gasteiger partial charge in [0.05, 0.1) is 25.4 Å². The summed E-state index contributed by atoms with van der Waals surface area (Å²) in [5.41, 5.74) is 0. The molecule has 102 valence electrons. The Labute approximate surface area is 103 Å². The van der Waals surface area contributed by atoms with E-state index in [9.17, 15) is 10.2 Å². The summed E-state index contributed by atoms with van der Waals surface area (Å²) in [6, 6.07) is 0. The molecule has 4 N–H and O–H groups in total. The number of hydrogen-bond acceptors (Lipinski definition) is 5. The minimum Gasteiger partial charge on any atom is -0.394 e. The molecule has 0 aromatic heterocycles. The normalized spacial score (nSPS) is 15.6. The molecule has 0 rings (SSSR count). The van der Waals surface area contributed by atoms with Crippen LogP contribution >= 0.6 is 0 Å². The van der Waals surface area contributed by atoms with Gasteiger partial charge in [0.15, 0.2) is 0 Å². The smallest absolute Gasteiger partial charge is 0.0897 e. The lowest BCUT2D eigenvalue weighted by Gasteiger charge is -2.25. The third kappa shape index (κ3) is 9.26. The van der Waals surface area contributed by atoms with Crippen molar-refractivity contribution in [3.05, 3.63) is 12.2 Å². The largest absolute Gasteiger partial charge is 0.394 e. The van der Waals surface area contributed by atoms with Crippen molar-refractivity contribution in [2.45, 2.75) is 32.0 Å². The van der Waals surface area contributed by atoms with E-state index in [1.807, 2.05) is 11.0 Å². The monoisotopic (exact) mass is 247 g/mol. The molecule has 0 heterocycles. The van der Waals surface area contributed by atoms with Crippen molar-refractivity contribution in [1.82, 2.24) is 4.90 Å². The second kappa shape index (κ2) is 10.7. The van der Waals surface area contributed by atoms with E-state index in [4.69, 9.17) is 10.2 Å². The highest BCUT2D eigenvalue weighted by Crippen LogP contribution is 1.99. The van der Waals surface area contributed by atoms with Crippen molar-refractivity contribution in [1.29, 1.82) is 0 Å². The maximum atomic E-state index is 9.36. The number of nitrogens with zero attached hydrogens (tertiary/aromatic N) is 1. The van der Waals surface area contributed by atoms with Gasteiger partial charge in [0.1, 0.15) is 0 Å². The topological polar surface area (TPSA) is 84.2 Å². The molecule has 0 aromatic rings. The van der Waals surface area contributed by atoms with Gasteiger partial charge in [0.25, 0.3) is 0 Å². The average Bonchev–Trinajstić information content (AvgIpc) is 2.33. The Morgan fingerprint density at radius 1 is 1.00 bits per heavy atom. The fourth-order valence-corrected chi connectivity index (χ4v) is 1.51. The van der Waals surface area contributed by atoms with Crippen LogP contribution in [0.25, 0.3) is 0 Å². The lowest BCUT2D eigenvalue weighted by atomic mass is 10.2. The first-order valence-electron chi connectivity index (χ1n) is 6.09. The summed E-state index contributed by atoms with van der Waals surface area (Å²) in [5, 5.41) is 36.3. The molecule has 0 bridgehead atoms. The molecular weight excluding hydrogens is 222 g/mol. The molecule has 0 saturated carbocycles. The fraction of sp³-hybridized carbons (Fsp3) is 0.833. The number of aliphatic hydroxyl groups is 4. The van der Waals surface area contributed by atoms with Crippen LogP contribution < -0.4 is 0 Å². The van der Waals surface area contributed by atoms with Gasteiger partial charge in [-0.3, -0.25) is 4.90 Å². The van der Waals surface area contributed by atoms with Crippen LogP contribution in [0.5, 0.6) is 0 Å². The van der Waals surface area contributed by atoms with E-state index in [2.05, 4.69) is 13.0 Å². The van der Waals surface area contributed by atoms with Crippen molar-refractivity contribution in [2.75, 3.05) is 32.8 Å². The quantitative estimate of drug-likeness (QED) is 0.386. The third-order valence-corrected chi connectivity index (χ3v) is 2.37. The highest BCUT2D eigenvalue weighted by atomic mass is 16.3. The predicted octanol–water partition coefficient (Wildman–Crippen LogP) is -0.649. The highest BCUT2D eigenvalue weighted by molar-refractivity contribution is 4.82. The molecule has 0 aliphatic rings. The summed E-state index contributed by atoms with van der Waals surface area (Å²) >= 11 is 0. The minimum absolute atomic E-state index is 0.295. The van der Waals surface area contributed by atoms with Gasteiger partial charge >= 0.3 is 0 Å². The average molecular weight is 247 g/mol. The van der Waals surface area contributed by atoms with Crippen LogP contribution in [0, 0.1) is 0 Å². The Morgan fingerprint density at radius 3 is 1.94 bits per heavy atom. The van der Waals surface area contributed by atoms with Gasteiger partial charge in [0, 0.05) is 19.6 Å². The van der Waals surface area contributed by atoms with Crippen molar-refractivity contribution in [2.24, 2.45) is 0 Å². The van der Waals surface area contributed by atoms with Crippen LogP contribution in [0.15, 0.2) is 12.2 Å². The molecule has 0 spiro atoms. The summed E-state index contributed by atoms with van der Waals surface area (Å²) < 4.78 is 0. The molecule has 2 unspecified atom stereocenters. The number of aliphatic hydroxyl groups excluding tert-OH is 4. The van der Waals surface area contributed by atoms with Gasteiger partial charge in [-0.05, 0) is 12.8 Å². The molecule has 0 aliphatic heterocycles. The zero-order valence-corrected chi connectivity index (χ0v) is 10.5. The molecule has 0 saturated heterocycles. The lowest BCUT2D eigenvalue weighted by Crippen LogP contribution is -2.40. The van der Waals surface area contributed by atoms with Gasteiger partial charge in [-0.1, -0.05) is 19.1 Å². The lowest BCUT2D eigenvalue weighted by molar-refractivity contribution is 0.0239.